The van der Waals surface area contributed by atoms with Gasteiger partial charge in [0.15, 0.2) is 0 Å². The predicted molar refractivity (Wildman–Crippen MR) is 45.4 cm³/mol. The lowest BCUT2D eigenvalue weighted by atomic mass is 10.1. The summed E-state index contributed by atoms with van der Waals surface area (Å²) in [6, 6.07) is 1.48. The minimum Gasteiger partial charge on any atom is -0.489 e. The van der Waals surface area contributed by atoms with Crippen molar-refractivity contribution in [3.63, 3.8) is 0 Å². The fourth-order valence-corrected chi connectivity index (χ4v) is 1.38. The Kier molecular flexibility index (Phi) is 2.21. The third-order valence-corrected chi connectivity index (χ3v) is 2.05. The molecule has 0 fully saturated rings. The van der Waals surface area contributed by atoms with E-state index in [9.17, 15) is 17.6 Å². The van der Waals surface area contributed by atoms with Gasteiger partial charge in [-0.05, 0) is 6.07 Å². The van der Waals surface area contributed by atoms with Crippen LogP contribution >= 0.6 is 0 Å². The molecule has 0 aromatic heterocycles. The van der Waals surface area contributed by atoms with E-state index in [1.807, 2.05) is 0 Å². The Hall–Kier alpha value is -1.46. The molecule has 0 amide bonds. The predicted octanol–water partition coefficient (Wildman–Crippen LogP) is 2.65. The SMILES string of the molecule is Fc1cc2c(cc1C(F)(F)F)NCCO2. The van der Waals surface area contributed by atoms with Crippen LogP contribution in [0.2, 0.25) is 0 Å². The maximum Gasteiger partial charge on any atom is 0.419 e. The van der Waals surface area contributed by atoms with Crippen LogP contribution in [0.5, 0.6) is 5.75 Å². The minimum atomic E-state index is -4.68. The van der Waals surface area contributed by atoms with Crippen LogP contribution in [0.4, 0.5) is 23.2 Å². The van der Waals surface area contributed by atoms with E-state index >= 15 is 0 Å². The maximum atomic E-state index is 13.0. The molecule has 1 aromatic carbocycles. The number of alkyl halides is 3. The van der Waals surface area contributed by atoms with Crippen molar-refractivity contribution in [3.05, 3.63) is 23.5 Å². The zero-order chi connectivity index (χ0) is 11.1. The smallest absolute Gasteiger partial charge is 0.419 e. The molecule has 1 aliphatic heterocycles. The average Bonchev–Trinajstić information content (AvgIpc) is 2.15. The van der Waals surface area contributed by atoms with Crippen LogP contribution < -0.4 is 10.1 Å². The summed E-state index contributed by atoms with van der Waals surface area (Å²) in [7, 11) is 0. The summed E-state index contributed by atoms with van der Waals surface area (Å²) in [4.78, 5) is 0. The second-order valence-corrected chi connectivity index (χ2v) is 3.10. The van der Waals surface area contributed by atoms with Gasteiger partial charge in [0.25, 0.3) is 0 Å². The van der Waals surface area contributed by atoms with Crippen LogP contribution in [-0.4, -0.2) is 13.2 Å². The van der Waals surface area contributed by atoms with Crippen molar-refractivity contribution in [2.24, 2.45) is 0 Å². The third-order valence-electron chi connectivity index (χ3n) is 2.05. The topological polar surface area (TPSA) is 21.3 Å². The zero-order valence-corrected chi connectivity index (χ0v) is 7.49. The molecule has 0 bridgehead atoms. The van der Waals surface area contributed by atoms with Gasteiger partial charge in [0.2, 0.25) is 0 Å². The monoisotopic (exact) mass is 221 g/mol. The van der Waals surface area contributed by atoms with E-state index in [4.69, 9.17) is 4.74 Å². The molecular formula is C9H7F4NO. The van der Waals surface area contributed by atoms with Gasteiger partial charge >= 0.3 is 6.18 Å². The molecule has 6 heteroatoms. The van der Waals surface area contributed by atoms with Crippen molar-refractivity contribution < 1.29 is 22.3 Å². The van der Waals surface area contributed by atoms with Gasteiger partial charge < -0.3 is 10.1 Å². The van der Waals surface area contributed by atoms with Gasteiger partial charge in [0.1, 0.15) is 18.2 Å². The number of rotatable bonds is 0. The van der Waals surface area contributed by atoms with Crippen molar-refractivity contribution in [2.45, 2.75) is 6.18 Å². The van der Waals surface area contributed by atoms with E-state index < -0.39 is 17.6 Å². The molecule has 0 radical (unpaired) electrons. The second-order valence-electron chi connectivity index (χ2n) is 3.10. The standard InChI is InChI=1S/C9H7F4NO/c10-6-4-8-7(14-1-2-15-8)3-5(6)9(11,12)13/h3-4,14H,1-2H2. The molecule has 0 saturated carbocycles. The summed E-state index contributed by atoms with van der Waals surface area (Å²) in [5.41, 5.74) is -1.10. The second kappa shape index (κ2) is 3.29. The Morgan fingerprint density at radius 2 is 2.00 bits per heavy atom. The lowest BCUT2D eigenvalue weighted by Crippen LogP contribution is -2.19. The van der Waals surface area contributed by atoms with Crippen molar-refractivity contribution in [1.82, 2.24) is 0 Å². The number of nitrogens with one attached hydrogen (secondary N) is 1. The number of benzene rings is 1. The van der Waals surface area contributed by atoms with Crippen LogP contribution in [-0.2, 0) is 6.18 Å². The van der Waals surface area contributed by atoms with Gasteiger partial charge in [-0.25, -0.2) is 4.39 Å². The van der Waals surface area contributed by atoms with Gasteiger partial charge in [0.05, 0.1) is 11.3 Å². The number of fused-ring (bicyclic) bond motifs is 1. The Morgan fingerprint density at radius 3 is 2.67 bits per heavy atom. The molecule has 1 heterocycles. The highest BCUT2D eigenvalue weighted by Crippen LogP contribution is 2.37. The Balaban J connectivity index is 2.50. The van der Waals surface area contributed by atoms with Crippen molar-refractivity contribution in [2.75, 3.05) is 18.5 Å². The zero-order valence-electron chi connectivity index (χ0n) is 7.49. The first-order chi connectivity index (χ1) is 6.98. The van der Waals surface area contributed by atoms with E-state index in [-0.39, 0.29) is 11.4 Å². The lowest BCUT2D eigenvalue weighted by molar-refractivity contribution is -0.139. The van der Waals surface area contributed by atoms with E-state index in [1.165, 1.54) is 0 Å². The van der Waals surface area contributed by atoms with Crippen LogP contribution in [0, 0.1) is 5.82 Å². The minimum absolute atomic E-state index is 0.117. The van der Waals surface area contributed by atoms with E-state index in [2.05, 4.69) is 5.32 Å². The van der Waals surface area contributed by atoms with Crippen LogP contribution in [0.25, 0.3) is 0 Å². The Bertz CT molecular complexity index is 388. The highest BCUT2D eigenvalue weighted by molar-refractivity contribution is 5.60. The third kappa shape index (κ3) is 1.84. The molecule has 0 unspecified atom stereocenters. The number of hydrogen-bond donors (Lipinski definition) is 1. The van der Waals surface area contributed by atoms with Crippen LogP contribution in [0.15, 0.2) is 12.1 Å². The molecule has 1 N–H and O–H groups in total. The molecule has 82 valence electrons. The van der Waals surface area contributed by atoms with Crippen molar-refractivity contribution >= 4 is 5.69 Å². The molecule has 1 aliphatic rings. The highest BCUT2D eigenvalue weighted by atomic mass is 19.4. The van der Waals surface area contributed by atoms with Gasteiger partial charge in [-0.3, -0.25) is 0 Å². The summed E-state index contributed by atoms with van der Waals surface area (Å²) in [5, 5.41) is 2.71. The summed E-state index contributed by atoms with van der Waals surface area (Å²) >= 11 is 0. The van der Waals surface area contributed by atoms with Crippen LogP contribution in [0.3, 0.4) is 0 Å². The maximum absolute atomic E-state index is 13.0. The summed E-state index contributed by atoms with van der Waals surface area (Å²) in [6.45, 7) is 0.730. The number of ether oxygens (including phenoxy) is 1. The summed E-state index contributed by atoms with van der Waals surface area (Å²) in [6.07, 6.45) is -4.68. The fourth-order valence-electron chi connectivity index (χ4n) is 1.38. The number of hydrogen-bond acceptors (Lipinski definition) is 2. The molecule has 0 aliphatic carbocycles. The van der Waals surface area contributed by atoms with Crippen LogP contribution in [0.1, 0.15) is 5.56 Å². The number of halogens is 4. The fraction of sp³-hybridized carbons (Fsp3) is 0.333. The molecular weight excluding hydrogens is 214 g/mol. The molecule has 2 nitrogen and oxygen atoms in total. The van der Waals surface area contributed by atoms with Gasteiger partial charge in [-0.15, -0.1) is 0 Å². The molecule has 1 aromatic rings. The molecule has 0 spiro atoms. The molecule has 15 heavy (non-hydrogen) atoms. The van der Waals surface area contributed by atoms with Gasteiger partial charge in [0, 0.05) is 12.6 Å². The summed E-state index contributed by atoms with van der Waals surface area (Å²) in [5.74, 6) is -1.20. The normalized spacial score (nSPS) is 15.2. The quantitative estimate of drug-likeness (QED) is 0.680. The highest BCUT2D eigenvalue weighted by Gasteiger charge is 2.35. The molecule has 2 rings (SSSR count). The Morgan fingerprint density at radius 1 is 1.27 bits per heavy atom. The van der Waals surface area contributed by atoms with Crippen molar-refractivity contribution in [3.8, 4) is 5.75 Å². The van der Waals surface area contributed by atoms with E-state index in [0.29, 0.717) is 13.2 Å². The molecule has 0 saturated heterocycles. The Labute approximate surface area is 82.8 Å². The van der Waals surface area contributed by atoms with E-state index in [0.717, 1.165) is 12.1 Å². The van der Waals surface area contributed by atoms with Crippen molar-refractivity contribution in [1.29, 1.82) is 0 Å². The van der Waals surface area contributed by atoms with Gasteiger partial charge in [-0.2, -0.15) is 13.2 Å². The number of anilines is 1. The first-order valence-corrected chi connectivity index (χ1v) is 4.26. The van der Waals surface area contributed by atoms with E-state index in [1.54, 1.807) is 0 Å². The first kappa shape index (κ1) is 10.1. The lowest BCUT2D eigenvalue weighted by Gasteiger charge is -2.20. The summed E-state index contributed by atoms with van der Waals surface area (Å²) < 4.78 is 55.0. The largest absolute Gasteiger partial charge is 0.489 e. The van der Waals surface area contributed by atoms with Gasteiger partial charge in [-0.1, -0.05) is 0 Å². The first-order valence-electron chi connectivity index (χ1n) is 4.26. The molecule has 0 atom stereocenters. The average molecular weight is 221 g/mol.